The van der Waals surface area contributed by atoms with E-state index in [1.54, 1.807) is 0 Å². The summed E-state index contributed by atoms with van der Waals surface area (Å²) < 4.78 is -1.16. The Labute approximate surface area is 268 Å². The zero-order valence-corrected chi connectivity index (χ0v) is 26.7. The number of nitrogens with zero attached hydrogens (tertiary/aromatic N) is 1. The van der Waals surface area contributed by atoms with E-state index in [1.807, 2.05) is 0 Å². The third-order valence-corrected chi connectivity index (χ3v) is 13.2. The summed E-state index contributed by atoms with van der Waals surface area (Å²) in [5.41, 5.74) is 5.10. The van der Waals surface area contributed by atoms with Gasteiger partial charge in [0, 0.05) is 23.9 Å². The lowest BCUT2D eigenvalue weighted by molar-refractivity contribution is -0.144. The summed E-state index contributed by atoms with van der Waals surface area (Å²) in [7, 11) is 0. The average molecular weight is 651 g/mol. The molecule has 8 rings (SSSR count). The molecule has 0 aromatic rings. The van der Waals surface area contributed by atoms with Crippen molar-refractivity contribution in [2.75, 3.05) is 6.54 Å². The number of piperidine rings is 1. The topological polar surface area (TPSA) is 151 Å². The summed E-state index contributed by atoms with van der Waals surface area (Å²) in [6, 6.07) is -3.15. The SMILES string of the molecule is NC(=O)C(=O)C(CC1CC1)NC(=O)[C@@H]1[C@H]2[C@@H](CN1C(=O)[C@@H](NC(=O)NC13CC4CC(CC(C4)C1)C3)C1CCCCC1)C2(Cl)Cl. The van der Waals surface area contributed by atoms with Crippen LogP contribution in [-0.4, -0.2) is 69.0 Å². The number of Topliss-reactive ketones (excluding diaryl/α,β-unsaturated/α-hetero) is 1. The van der Waals surface area contributed by atoms with E-state index < -0.39 is 46.0 Å². The molecular formula is C32H45Cl2N5O5. The lowest BCUT2D eigenvalue weighted by Gasteiger charge is -2.56. The number of primary amides is 1. The van der Waals surface area contributed by atoms with Gasteiger partial charge in [-0.25, -0.2) is 4.79 Å². The normalized spacial score (nSPS) is 37.9. The summed E-state index contributed by atoms with van der Waals surface area (Å²) in [4.78, 5) is 67.8. The Morgan fingerprint density at radius 1 is 0.864 bits per heavy atom. The highest BCUT2D eigenvalue weighted by molar-refractivity contribution is 6.51. The molecule has 1 heterocycles. The molecule has 7 aliphatic carbocycles. The number of likely N-dealkylation sites (tertiary alicyclic amines) is 1. The molecule has 7 saturated carbocycles. The summed E-state index contributed by atoms with van der Waals surface area (Å²) >= 11 is 13.1. The van der Waals surface area contributed by atoms with Crippen LogP contribution < -0.4 is 21.7 Å². The number of nitrogens with one attached hydrogen (secondary N) is 3. The second kappa shape index (κ2) is 11.3. The van der Waals surface area contributed by atoms with E-state index in [2.05, 4.69) is 16.0 Å². The van der Waals surface area contributed by atoms with Crippen molar-refractivity contribution in [1.82, 2.24) is 20.9 Å². The van der Waals surface area contributed by atoms with E-state index in [4.69, 9.17) is 28.9 Å². The van der Waals surface area contributed by atoms with E-state index in [1.165, 1.54) is 24.2 Å². The molecule has 0 aromatic heterocycles. The molecule has 8 fully saturated rings. The number of ketones is 1. The molecule has 1 saturated heterocycles. The zero-order chi connectivity index (χ0) is 31.0. The standard InChI is InChI=1S/C32H45Cl2N5O5/c33-32(34)21-15-39(25(23(21)32)28(42)36-22(11-16-6-7-16)26(40)27(35)41)29(43)24(20-4-2-1-3-5-20)37-30(44)38-31-12-17-8-18(13-31)10-19(9-17)14-31/h16-25H,1-15H2,(H2,35,41)(H,36,42)(H2,37,38,44)/t17?,18?,19?,21-,22?,23-,24+,25+,31?/m1/s1. The number of amides is 5. The molecule has 1 unspecified atom stereocenters. The van der Waals surface area contributed by atoms with Gasteiger partial charge in [0.2, 0.25) is 17.6 Å². The van der Waals surface area contributed by atoms with Gasteiger partial charge in [-0.3, -0.25) is 19.2 Å². The van der Waals surface area contributed by atoms with Crippen LogP contribution in [0.25, 0.3) is 0 Å². The number of hydrogen-bond donors (Lipinski definition) is 4. The molecular weight excluding hydrogens is 605 g/mol. The molecule has 0 radical (unpaired) electrons. The van der Waals surface area contributed by atoms with Crippen LogP contribution in [0.5, 0.6) is 0 Å². The van der Waals surface area contributed by atoms with Gasteiger partial charge in [0.1, 0.15) is 16.4 Å². The van der Waals surface area contributed by atoms with Crippen molar-refractivity contribution in [2.45, 2.75) is 118 Å². The number of nitrogens with two attached hydrogens (primary N) is 1. The fourth-order valence-electron chi connectivity index (χ4n) is 10.2. The van der Waals surface area contributed by atoms with Crippen molar-refractivity contribution in [2.24, 2.45) is 47.2 Å². The minimum atomic E-state index is -1.16. The highest BCUT2D eigenvalue weighted by Gasteiger charge is 2.74. The van der Waals surface area contributed by atoms with Gasteiger partial charge in [-0.2, -0.15) is 0 Å². The number of halogens is 2. The Hall–Kier alpha value is -2.07. The Morgan fingerprint density at radius 2 is 1.48 bits per heavy atom. The van der Waals surface area contributed by atoms with Crippen molar-refractivity contribution in [3.05, 3.63) is 0 Å². The van der Waals surface area contributed by atoms with Crippen LogP contribution in [0.4, 0.5) is 4.79 Å². The molecule has 8 aliphatic rings. The van der Waals surface area contributed by atoms with Crippen molar-refractivity contribution in [3.8, 4) is 0 Å². The van der Waals surface area contributed by atoms with Gasteiger partial charge >= 0.3 is 6.03 Å². The summed E-state index contributed by atoms with van der Waals surface area (Å²) in [6.45, 7) is 0.188. The highest BCUT2D eigenvalue weighted by atomic mass is 35.5. The summed E-state index contributed by atoms with van der Waals surface area (Å²) in [5.74, 6) is -1.42. The first-order chi connectivity index (χ1) is 20.9. The van der Waals surface area contributed by atoms with Crippen molar-refractivity contribution in [1.29, 1.82) is 0 Å². The van der Waals surface area contributed by atoms with Crippen molar-refractivity contribution in [3.63, 3.8) is 0 Å². The van der Waals surface area contributed by atoms with E-state index in [0.29, 0.717) is 24.2 Å². The molecule has 1 aliphatic heterocycles. The smallest absolute Gasteiger partial charge is 0.315 e. The average Bonchev–Trinajstić information content (AvgIpc) is 3.81. The number of carbonyl (C=O) groups is 5. The lowest BCUT2D eigenvalue weighted by atomic mass is 9.53. The maximum absolute atomic E-state index is 14.4. The molecule has 10 nitrogen and oxygen atoms in total. The van der Waals surface area contributed by atoms with Gasteiger partial charge in [0.15, 0.2) is 0 Å². The third kappa shape index (κ3) is 5.71. The Kier molecular flexibility index (Phi) is 7.87. The Balaban J connectivity index is 1.09. The second-order valence-corrected chi connectivity index (χ2v) is 16.8. The molecule has 5 amide bonds. The first-order valence-corrected chi connectivity index (χ1v) is 17.6. The first kappa shape index (κ1) is 30.6. The fourth-order valence-corrected chi connectivity index (χ4v) is 11.0. The fraction of sp³-hybridized carbons (Fsp3) is 0.844. The minimum Gasteiger partial charge on any atom is -0.363 e. The number of fused-ring (bicyclic) bond motifs is 1. The van der Waals surface area contributed by atoms with E-state index in [0.717, 1.165) is 64.2 Å². The van der Waals surface area contributed by atoms with Gasteiger partial charge in [-0.1, -0.05) is 32.1 Å². The van der Waals surface area contributed by atoms with Crippen LogP contribution in [0.15, 0.2) is 0 Å². The van der Waals surface area contributed by atoms with Crippen LogP contribution in [0.2, 0.25) is 0 Å². The van der Waals surface area contributed by atoms with Gasteiger partial charge in [-0.15, -0.1) is 23.2 Å². The molecule has 0 aromatic carbocycles. The predicted octanol–water partition coefficient (Wildman–Crippen LogP) is 3.17. The van der Waals surface area contributed by atoms with Crippen LogP contribution >= 0.6 is 23.2 Å². The van der Waals surface area contributed by atoms with E-state index in [-0.39, 0.29) is 41.8 Å². The zero-order valence-electron chi connectivity index (χ0n) is 25.2. The number of rotatable bonds is 10. The number of hydrogen-bond acceptors (Lipinski definition) is 5. The maximum atomic E-state index is 14.4. The number of alkyl halides is 2. The lowest BCUT2D eigenvalue weighted by Crippen LogP contribution is -2.64. The highest BCUT2D eigenvalue weighted by Crippen LogP contribution is 2.65. The minimum absolute atomic E-state index is 0.0465. The van der Waals surface area contributed by atoms with Crippen LogP contribution in [-0.2, 0) is 19.2 Å². The molecule has 0 spiro atoms. The largest absolute Gasteiger partial charge is 0.363 e. The number of carbonyl (C=O) groups excluding carboxylic acids is 5. The van der Waals surface area contributed by atoms with Crippen LogP contribution in [0.3, 0.4) is 0 Å². The first-order valence-electron chi connectivity index (χ1n) is 16.8. The van der Waals surface area contributed by atoms with E-state index in [9.17, 15) is 24.0 Å². The maximum Gasteiger partial charge on any atom is 0.315 e. The van der Waals surface area contributed by atoms with Gasteiger partial charge < -0.3 is 26.6 Å². The molecule has 5 atom stereocenters. The second-order valence-electron chi connectivity index (χ2n) is 15.4. The van der Waals surface area contributed by atoms with E-state index >= 15 is 0 Å². The quantitative estimate of drug-likeness (QED) is 0.212. The van der Waals surface area contributed by atoms with Gasteiger partial charge in [0.25, 0.3) is 5.91 Å². The monoisotopic (exact) mass is 649 g/mol. The van der Waals surface area contributed by atoms with Gasteiger partial charge in [0.05, 0.1) is 6.04 Å². The number of urea groups is 1. The Bertz CT molecular complexity index is 1200. The van der Waals surface area contributed by atoms with Crippen molar-refractivity contribution >= 4 is 52.7 Å². The van der Waals surface area contributed by atoms with Gasteiger partial charge in [-0.05, 0) is 87.4 Å². The molecule has 242 valence electrons. The molecule has 12 heteroatoms. The van der Waals surface area contributed by atoms with Crippen LogP contribution in [0, 0.1) is 41.4 Å². The summed E-state index contributed by atoms with van der Waals surface area (Å²) in [5, 5.41) is 9.19. The summed E-state index contributed by atoms with van der Waals surface area (Å²) in [6.07, 6.45) is 13.7. The predicted molar refractivity (Wildman–Crippen MR) is 163 cm³/mol. The molecule has 4 bridgehead atoms. The molecule has 5 N–H and O–H groups in total. The van der Waals surface area contributed by atoms with Crippen LogP contribution in [0.1, 0.15) is 89.9 Å². The van der Waals surface area contributed by atoms with Crippen molar-refractivity contribution < 1.29 is 24.0 Å². The Morgan fingerprint density at radius 3 is 2.05 bits per heavy atom. The molecule has 44 heavy (non-hydrogen) atoms. The third-order valence-electron chi connectivity index (χ3n) is 12.1.